The number of rotatable bonds is 3. The Hall–Kier alpha value is -1.46. The molecule has 1 heterocycles. The van der Waals surface area contributed by atoms with E-state index in [1.807, 2.05) is 19.0 Å². The fraction of sp³-hybridized carbons (Fsp3) is 0.154. The van der Waals surface area contributed by atoms with E-state index in [4.69, 9.17) is 16.0 Å². The fourth-order valence-electron chi connectivity index (χ4n) is 1.69. The molecule has 1 N–H and O–H groups in total. The molecule has 0 aliphatic heterocycles. The lowest BCUT2D eigenvalue weighted by Gasteiger charge is -2.19. The summed E-state index contributed by atoms with van der Waals surface area (Å²) in [4.78, 5) is 13.9. The van der Waals surface area contributed by atoms with Gasteiger partial charge in [0.1, 0.15) is 0 Å². The number of carbonyl (C=O) groups is 1. The molecule has 1 amide bonds. The maximum atomic E-state index is 12.0. The zero-order chi connectivity index (χ0) is 14.0. The van der Waals surface area contributed by atoms with Gasteiger partial charge in [-0.3, -0.25) is 4.79 Å². The first-order valence-corrected chi connectivity index (χ1v) is 6.68. The molecule has 0 aliphatic carbocycles. The lowest BCUT2D eigenvalue weighted by atomic mass is 10.2. The standard InChI is InChI=1S/C13H12BrClN2O2/c1-17(2)12-8(15)4-3-5-9(12)16-13(18)10-6-7-11(14)19-10/h3-7H,1-2H3,(H,16,18). The Balaban J connectivity index is 2.29. The van der Waals surface area contributed by atoms with Crippen LogP contribution in [0.2, 0.25) is 5.02 Å². The second-order valence-corrected chi connectivity index (χ2v) is 5.28. The average molecular weight is 344 g/mol. The number of anilines is 2. The van der Waals surface area contributed by atoms with Crippen molar-refractivity contribution in [2.45, 2.75) is 0 Å². The van der Waals surface area contributed by atoms with Crippen molar-refractivity contribution in [1.82, 2.24) is 0 Å². The van der Waals surface area contributed by atoms with Crippen molar-refractivity contribution < 1.29 is 9.21 Å². The maximum Gasteiger partial charge on any atom is 0.291 e. The molecule has 0 fully saturated rings. The zero-order valence-corrected chi connectivity index (χ0v) is 12.7. The summed E-state index contributed by atoms with van der Waals surface area (Å²) in [6.45, 7) is 0. The molecule has 0 aliphatic rings. The van der Waals surface area contributed by atoms with E-state index in [1.165, 1.54) is 0 Å². The highest BCUT2D eigenvalue weighted by Gasteiger charge is 2.15. The summed E-state index contributed by atoms with van der Waals surface area (Å²) in [5.74, 6) is -0.0902. The molecule has 2 aromatic rings. The van der Waals surface area contributed by atoms with E-state index in [1.54, 1.807) is 30.3 Å². The Morgan fingerprint density at radius 1 is 1.32 bits per heavy atom. The van der Waals surface area contributed by atoms with E-state index < -0.39 is 0 Å². The summed E-state index contributed by atoms with van der Waals surface area (Å²) < 4.78 is 5.72. The lowest BCUT2D eigenvalue weighted by Crippen LogP contribution is -2.16. The first-order valence-electron chi connectivity index (χ1n) is 5.51. The zero-order valence-electron chi connectivity index (χ0n) is 10.4. The maximum absolute atomic E-state index is 12.0. The van der Waals surface area contributed by atoms with Crippen molar-refractivity contribution in [1.29, 1.82) is 0 Å². The number of halogens is 2. The molecule has 1 aromatic heterocycles. The van der Waals surface area contributed by atoms with Gasteiger partial charge in [-0.2, -0.15) is 0 Å². The van der Waals surface area contributed by atoms with Crippen molar-refractivity contribution in [3.8, 4) is 0 Å². The number of furan rings is 1. The topological polar surface area (TPSA) is 45.5 Å². The highest BCUT2D eigenvalue weighted by atomic mass is 79.9. The predicted octanol–water partition coefficient (Wildman–Crippen LogP) is 4.01. The van der Waals surface area contributed by atoms with Crippen LogP contribution in [0.15, 0.2) is 39.4 Å². The molecular weight excluding hydrogens is 332 g/mol. The first kappa shape index (κ1) is 14.0. The van der Waals surface area contributed by atoms with Crippen LogP contribution in [0.25, 0.3) is 0 Å². The molecule has 0 unspecified atom stereocenters. The Morgan fingerprint density at radius 3 is 2.63 bits per heavy atom. The van der Waals surface area contributed by atoms with Crippen LogP contribution in [0, 0.1) is 0 Å². The summed E-state index contributed by atoms with van der Waals surface area (Å²) in [7, 11) is 3.72. The summed E-state index contributed by atoms with van der Waals surface area (Å²) in [5.41, 5.74) is 1.39. The van der Waals surface area contributed by atoms with Crippen LogP contribution in [0.1, 0.15) is 10.6 Å². The van der Waals surface area contributed by atoms with Crippen LogP contribution in [0.5, 0.6) is 0 Å². The number of hydrogen-bond acceptors (Lipinski definition) is 3. The van der Waals surface area contributed by atoms with Crippen molar-refractivity contribution in [3.05, 3.63) is 45.8 Å². The van der Waals surface area contributed by atoms with Gasteiger partial charge in [0, 0.05) is 14.1 Å². The van der Waals surface area contributed by atoms with Gasteiger partial charge in [0.05, 0.1) is 16.4 Å². The molecule has 0 bridgehead atoms. The van der Waals surface area contributed by atoms with Gasteiger partial charge in [-0.15, -0.1) is 0 Å². The predicted molar refractivity (Wildman–Crippen MR) is 80.1 cm³/mol. The molecule has 4 nitrogen and oxygen atoms in total. The monoisotopic (exact) mass is 342 g/mol. The number of amides is 1. The van der Waals surface area contributed by atoms with E-state index in [0.29, 0.717) is 15.4 Å². The smallest absolute Gasteiger partial charge is 0.291 e. The molecule has 6 heteroatoms. The van der Waals surface area contributed by atoms with Gasteiger partial charge in [-0.25, -0.2) is 0 Å². The van der Waals surface area contributed by atoms with Gasteiger partial charge in [-0.1, -0.05) is 17.7 Å². The van der Waals surface area contributed by atoms with Gasteiger partial charge >= 0.3 is 0 Å². The third-order valence-corrected chi connectivity index (χ3v) is 3.21. The number of hydrogen-bond donors (Lipinski definition) is 1. The highest BCUT2D eigenvalue weighted by Crippen LogP contribution is 2.32. The van der Waals surface area contributed by atoms with Gasteiger partial charge < -0.3 is 14.6 Å². The first-order chi connectivity index (χ1) is 8.99. The molecule has 0 saturated heterocycles. The molecular formula is C13H12BrClN2O2. The third kappa shape index (κ3) is 3.11. The number of nitrogens with one attached hydrogen (secondary N) is 1. The van der Waals surface area contributed by atoms with Crippen molar-refractivity contribution in [2.75, 3.05) is 24.3 Å². The molecule has 0 atom stereocenters. The normalized spacial score (nSPS) is 10.3. The van der Waals surface area contributed by atoms with Crippen LogP contribution in [0.3, 0.4) is 0 Å². The van der Waals surface area contributed by atoms with Crippen molar-refractivity contribution >= 4 is 44.8 Å². The minimum absolute atomic E-state index is 0.233. The van der Waals surface area contributed by atoms with Crippen LogP contribution in [0.4, 0.5) is 11.4 Å². The van der Waals surface area contributed by atoms with E-state index in [2.05, 4.69) is 21.2 Å². The highest BCUT2D eigenvalue weighted by molar-refractivity contribution is 9.10. The Bertz CT molecular complexity index is 610. The van der Waals surface area contributed by atoms with Crippen LogP contribution >= 0.6 is 27.5 Å². The number of carbonyl (C=O) groups excluding carboxylic acids is 1. The molecule has 100 valence electrons. The van der Waals surface area contributed by atoms with E-state index in [-0.39, 0.29) is 11.7 Å². The van der Waals surface area contributed by atoms with E-state index in [9.17, 15) is 4.79 Å². The lowest BCUT2D eigenvalue weighted by molar-refractivity contribution is 0.0995. The Kier molecular flexibility index (Phi) is 4.17. The Labute approximate surface area is 124 Å². The van der Waals surface area contributed by atoms with Gasteiger partial charge in [-0.05, 0) is 40.2 Å². The molecule has 2 rings (SSSR count). The van der Waals surface area contributed by atoms with Gasteiger partial charge in [0.15, 0.2) is 10.4 Å². The molecule has 1 aromatic carbocycles. The number of para-hydroxylation sites is 1. The number of nitrogens with zero attached hydrogens (tertiary/aromatic N) is 1. The molecule has 19 heavy (non-hydrogen) atoms. The van der Waals surface area contributed by atoms with Gasteiger partial charge in [0.2, 0.25) is 0 Å². The summed E-state index contributed by atoms with van der Waals surface area (Å²) in [6.07, 6.45) is 0. The molecule has 0 spiro atoms. The van der Waals surface area contributed by atoms with Crippen molar-refractivity contribution in [2.24, 2.45) is 0 Å². The Morgan fingerprint density at radius 2 is 2.05 bits per heavy atom. The summed E-state index contributed by atoms with van der Waals surface area (Å²) >= 11 is 9.29. The van der Waals surface area contributed by atoms with Gasteiger partial charge in [0.25, 0.3) is 5.91 Å². The van der Waals surface area contributed by atoms with E-state index >= 15 is 0 Å². The van der Waals surface area contributed by atoms with Crippen molar-refractivity contribution in [3.63, 3.8) is 0 Å². The second kappa shape index (κ2) is 5.67. The quantitative estimate of drug-likeness (QED) is 0.915. The van der Waals surface area contributed by atoms with E-state index in [0.717, 1.165) is 5.69 Å². The average Bonchev–Trinajstić information content (AvgIpc) is 2.75. The van der Waals surface area contributed by atoms with Crippen LogP contribution < -0.4 is 10.2 Å². The summed E-state index contributed by atoms with van der Waals surface area (Å²) in [6, 6.07) is 8.61. The minimum atomic E-state index is -0.323. The molecule has 0 saturated carbocycles. The fourth-order valence-corrected chi connectivity index (χ4v) is 2.34. The third-order valence-electron chi connectivity index (χ3n) is 2.48. The van der Waals surface area contributed by atoms with Crippen LogP contribution in [-0.2, 0) is 0 Å². The SMILES string of the molecule is CN(C)c1c(Cl)cccc1NC(=O)c1ccc(Br)o1. The van der Waals surface area contributed by atoms with Crippen LogP contribution in [-0.4, -0.2) is 20.0 Å². The molecule has 0 radical (unpaired) electrons. The number of benzene rings is 1. The largest absolute Gasteiger partial charge is 0.444 e. The summed E-state index contributed by atoms with van der Waals surface area (Å²) in [5, 5.41) is 3.36. The second-order valence-electron chi connectivity index (χ2n) is 4.09. The minimum Gasteiger partial charge on any atom is -0.444 e.